The summed E-state index contributed by atoms with van der Waals surface area (Å²) in [4.78, 5) is 23.2. The second-order valence-electron chi connectivity index (χ2n) is 4.28. The summed E-state index contributed by atoms with van der Waals surface area (Å²) >= 11 is 1.29. The zero-order valence-corrected chi connectivity index (χ0v) is 12.3. The van der Waals surface area contributed by atoms with E-state index in [0.717, 1.165) is 6.92 Å². The molecule has 0 bridgehead atoms. The predicted octanol–water partition coefficient (Wildman–Crippen LogP) is 0.475. The predicted molar refractivity (Wildman–Crippen MR) is 75.5 cm³/mol. The number of aromatic hydroxyl groups is 1. The van der Waals surface area contributed by atoms with Crippen LogP contribution < -0.4 is 5.73 Å². The van der Waals surface area contributed by atoms with Gasteiger partial charge < -0.3 is 19.0 Å². The summed E-state index contributed by atoms with van der Waals surface area (Å²) in [5.74, 6) is -1.77. The molecule has 2 atom stereocenters. The number of benzene rings is 1. The van der Waals surface area contributed by atoms with Gasteiger partial charge in [0.1, 0.15) is 5.75 Å². The third-order valence-corrected chi connectivity index (χ3v) is 3.08. The molecule has 1 rings (SSSR count). The molecule has 0 spiro atoms. The number of phenolic OH excluding ortho intramolecular Hbond substituents is 1. The summed E-state index contributed by atoms with van der Waals surface area (Å²) in [6.45, 7) is 1.05. The van der Waals surface area contributed by atoms with Gasteiger partial charge in [-0.1, -0.05) is 12.1 Å². The van der Waals surface area contributed by atoms with Crippen molar-refractivity contribution in [1.82, 2.24) is 0 Å². The molecule has 0 aromatic heterocycles. The number of carbonyl (C=O) groups excluding carboxylic acids is 2. The fourth-order valence-electron chi connectivity index (χ4n) is 1.52. The molecule has 1 aromatic carbocycles. The highest BCUT2D eigenvalue weighted by atomic mass is 127. The number of rotatable bonds is 5. The van der Waals surface area contributed by atoms with Crippen molar-refractivity contribution in [1.29, 1.82) is 0 Å². The molecule has 4 N–H and O–H groups in total. The number of phenols is 1. The zero-order valence-electron chi connectivity index (χ0n) is 10.2. The average Bonchev–Trinajstić information content (AvgIpc) is 2.39. The van der Waals surface area contributed by atoms with E-state index in [-0.39, 0.29) is 12.2 Å². The summed E-state index contributed by atoms with van der Waals surface area (Å²) < 4.78 is 4.32. The molecule has 7 heteroatoms. The molecule has 2 unspecified atom stereocenters. The largest absolute Gasteiger partial charge is 0.508 e. The van der Waals surface area contributed by atoms with E-state index in [1.54, 1.807) is 12.1 Å². The fourth-order valence-corrected chi connectivity index (χ4v) is 1.94. The maximum atomic E-state index is 11.9. The van der Waals surface area contributed by atoms with Gasteiger partial charge in [-0.05, 0) is 31.0 Å². The van der Waals surface area contributed by atoms with Gasteiger partial charge in [0.15, 0.2) is 28.8 Å². The minimum Gasteiger partial charge on any atom is -0.508 e. The number of ketones is 1. The Kier molecular flexibility index (Phi) is 5.27. The van der Waals surface area contributed by atoms with Gasteiger partial charge in [-0.3, -0.25) is 4.79 Å². The van der Waals surface area contributed by atoms with E-state index >= 15 is 0 Å². The normalized spacial score (nSPS) is 15.4. The van der Waals surface area contributed by atoms with Crippen LogP contribution in [0.1, 0.15) is 12.5 Å². The Bertz CT molecular complexity index is 472. The summed E-state index contributed by atoms with van der Waals surface area (Å²) in [6.07, 6.45) is 0.143. The maximum absolute atomic E-state index is 11.9. The monoisotopic (exact) mass is 379 g/mol. The molecule has 6 nitrogen and oxygen atoms in total. The lowest BCUT2D eigenvalue weighted by Crippen LogP contribution is -2.52. The van der Waals surface area contributed by atoms with Gasteiger partial charge >= 0.3 is 5.97 Å². The van der Waals surface area contributed by atoms with E-state index in [1.165, 1.54) is 35.1 Å². The second-order valence-corrected chi connectivity index (χ2v) is 4.72. The summed E-state index contributed by atoms with van der Waals surface area (Å²) in [5.41, 5.74) is 4.12. The van der Waals surface area contributed by atoms with Crippen LogP contribution in [0.2, 0.25) is 0 Å². The number of aliphatic hydroxyl groups is 1. The molecule has 0 heterocycles. The SMILES string of the molecule is CC(O)(C(=O)OI)C(=O)C(N)Cc1ccc(O)cc1. The second kappa shape index (κ2) is 6.31. The van der Waals surface area contributed by atoms with E-state index in [9.17, 15) is 14.7 Å². The van der Waals surface area contributed by atoms with E-state index in [1.807, 2.05) is 0 Å². The molecule has 104 valence electrons. The first-order chi connectivity index (χ1) is 8.78. The van der Waals surface area contributed by atoms with Crippen LogP contribution in [0, 0.1) is 0 Å². The van der Waals surface area contributed by atoms with Gasteiger partial charge in [-0.2, -0.15) is 0 Å². The molecule has 0 saturated carbocycles. The lowest BCUT2D eigenvalue weighted by Gasteiger charge is -2.21. The van der Waals surface area contributed by atoms with Crippen molar-refractivity contribution in [2.24, 2.45) is 5.73 Å². The molecule has 0 aliphatic heterocycles. The van der Waals surface area contributed by atoms with Crippen LogP contribution in [0.3, 0.4) is 0 Å². The Hall–Kier alpha value is -1.19. The van der Waals surface area contributed by atoms with Crippen LogP contribution in [0.15, 0.2) is 24.3 Å². The van der Waals surface area contributed by atoms with Crippen LogP contribution in [-0.2, 0) is 19.1 Å². The Labute approximate surface area is 124 Å². The van der Waals surface area contributed by atoms with Crippen molar-refractivity contribution in [3.8, 4) is 5.75 Å². The van der Waals surface area contributed by atoms with Crippen molar-refractivity contribution in [2.75, 3.05) is 0 Å². The maximum Gasteiger partial charge on any atom is 0.355 e. The van der Waals surface area contributed by atoms with Gasteiger partial charge in [-0.25, -0.2) is 4.79 Å². The summed E-state index contributed by atoms with van der Waals surface area (Å²) in [7, 11) is 0. The molecular formula is C12H14INO5. The molecule has 0 saturated heterocycles. The highest BCUT2D eigenvalue weighted by Crippen LogP contribution is 2.16. The lowest BCUT2D eigenvalue weighted by atomic mass is 9.92. The average molecular weight is 379 g/mol. The van der Waals surface area contributed by atoms with Crippen molar-refractivity contribution >= 4 is 34.8 Å². The van der Waals surface area contributed by atoms with Gasteiger partial charge in [0.25, 0.3) is 0 Å². The van der Waals surface area contributed by atoms with Crippen LogP contribution in [0.5, 0.6) is 5.75 Å². The minimum absolute atomic E-state index is 0.101. The van der Waals surface area contributed by atoms with Crippen molar-refractivity contribution in [3.63, 3.8) is 0 Å². The molecule has 0 aliphatic carbocycles. The van der Waals surface area contributed by atoms with Gasteiger partial charge in [0.05, 0.1) is 6.04 Å². The molecule has 0 fully saturated rings. The zero-order chi connectivity index (χ0) is 14.6. The third kappa shape index (κ3) is 3.88. The molecule has 1 aromatic rings. The first-order valence-electron chi connectivity index (χ1n) is 5.42. The van der Waals surface area contributed by atoms with Gasteiger partial charge in [-0.15, -0.1) is 0 Å². The smallest absolute Gasteiger partial charge is 0.355 e. The number of hydrogen-bond acceptors (Lipinski definition) is 6. The van der Waals surface area contributed by atoms with Crippen molar-refractivity contribution in [2.45, 2.75) is 25.0 Å². The number of Topliss-reactive ketones (excluding diaryl/α,β-unsaturated/α-hetero) is 1. The molecule has 0 aliphatic rings. The Morgan fingerprint density at radius 3 is 2.42 bits per heavy atom. The Balaban J connectivity index is 2.77. The van der Waals surface area contributed by atoms with Crippen LogP contribution in [-0.4, -0.2) is 33.6 Å². The number of halogens is 1. The van der Waals surface area contributed by atoms with Crippen LogP contribution in [0.25, 0.3) is 0 Å². The van der Waals surface area contributed by atoms with E-state index in [4.69, 9.17) is 10.8 Å². The highest BCUT2D eigenvalue weighted by Gasteiger charge is 2.42. The Morgan fingerprint density at radius 2 is 1.95 bits per heavy atom. The van der Waals surface area contributed by atoms with E-state index in [2.05, 4.69) is 3.07 Å². The standard InChI is InChI=1S/C12H14INO5/c1-12(18,11(17)19-13)10(16)9(14)6-7-2-4-8(15)5-3-7/h2-5,9,15,18H,6,14H2,1H3. The highest BCUT2D eigenvalue weighted by molar-refractivity contribution is 14.1. The van der Waals surface area contributed by atoms with Crippen molar-refractivity contribution < 1.29 is 22.9 Å². The number of nitrogens with two attached hydrogens (primary N) is 1. The van der Waals surface area contributed by atoms with E-state index < -0.39 is 23.4 Å². The quantitative estimate of drug-likeness (QED) is 0.507. The molecule has 0 amide bonds. The Morgan fingerprint density at radius 1 is 1.42 bits per heavy atom. The lowest BCUT2D eigenvalue weighted by molar-refractivity contribution is -0.159. The third-order valence-electron chi connectivity index (χ3n) is 2.68. The molecular weight excluding hydrogens is 365 g/mol. The topological polar surface area (TPSA) is 110 Å². The number of hydrogen-bond donors (Lipinski definition) is 3. The van der Waals surface area contributed by atoms with Gasteiger partial charge in [0, 0.05) is 0 Å². The van der Waals surface area contributed by atoms with Gasteiger partial charge in [0.2, 0.25) is 5.60 Å². The number of carbonyl (C=O) groups is 2. The molecule has 0 radical (unpaired) electrons. The minimum atomic E-state index is -2.27. The fraction of sp³-hybridized carbons (Fsp3) is 0.333. The summed E-state index contributed by atoms with van der Waals surface area (Å²) in [5, 5.41) is 18.9. The first kappa shape index (κ1) is 15.9. The summed E-state index contributed by atoms with van der Waals surface area (Å²) in [6, 6.07) is 5.09. The van der Waals surface area contributed by atoms with E-state index in [0.29, 0.717) is 5.56 Å². The van der Waals surface area contributed by atoms with Crippen LogP contribution in [0.4, 0.5) is 0 Å². The molecule has 19 heavy (non-hydrogen) atoms. The first-order valence-corrected chi connectivity index (χ1v) is 6.30. The van der Waals surface area contributed by atoms with Crippen molar-refractivity contribution in [3.05, 3.63) is 29.8 Å². The van der Waals surface area contributed by atoms with Crippen LogP contribution >= 0.6 is 23.0 Å².